The van der Waals surface area contributed by atoms with Crippen LogP contribution in [-0.2, 0) is 4.74 Å². The van der Waals surface area contributed by atoms with Gasteiger partial charge >= 0.3 is 5.97 Å². The summed E-state index contributed by atoms with van der Waals surface area (Å²) in [5.41, 5.74) is 0.622. The second-order valence-electron chi connectivity index (χ2n) is 2.92. The average Bonchev–Trinajstić information content (AvgIpc) is 2.30. The molecule has 0 saturated heterocycles. The van der Waals surface area contributed by atoms with Crippen molar-refractivity contribution in [1.82, 2.24) is 0 Å². The highest BCUT2D eigenvalue weighted by Gasteiger charge is 2.17. The second kappa shape index (κ2) is 5.65. The van der Waals surface area contributed by atoms with Crippen LogP contribution in [0.15, 0.2) is 16.6 Å². The van der Waals surface area contributed by atoms with E-state index in [9.17, 15) is 9.59 Å². The maximum absolute atomic E-state index is 11.5. The maximum atomic E-state index is 11.5. The number of hydrogen-bond donors (Lipinski definition) is 0. The summed E-state index contributed by atoms with van der Waals surface area (Å²) in [5, 5.41) is 0. The van der Waals surface area contributed by atoms with Gasteiger partial charge in [-0.05, 0) is 35.0 Å². The Morgan fingerprint density at radius 1 is 1.50 bits per heavy atom. The highest BCUT2D eigenvalue weighted by Crippen LogP contribution is 2.31. The number of carbonyl (C=O) groups is 2. The van der Waals surface area contributed by atoms with Crippen molar-refractivity contribution in [3.63, 3.8) is 0 Å². The van der Waals surface area contributed by atoms with Crippen molar-refractivity contribution in [1.29, 1.82) is 0 Å². The molecule has 0 unspecified atom stereocenters. The van der Waals surface area contributed by atoms with Crippen LogP contribution < -0.4 is 4.74 Å². The quantitative estimate of drug-likeness (QED) is 0.630. The zero-order valence-electron chi connectivity index (χ0n) is 8.95. The number of ether oxygens (including phenoxy) is 2. The molecule has 5 heteroatoms. The number of rotatable bonds is 4. The first-order valence-corrected chi connectivity index (χ1v) is 5.43. The molecule has 1 aromatic carbocycles. The second-order valence-corrected chi connectivity index (χ2v) is 3.78. The van der Waals surface area contributed by atoms with Gasteiger partial charge in [-0.3, -0.25) is 4.79 Å². The van der Waals surface area contributed by atoms with Gasteiger partial charge in [0, 0.05) is 5.56 Å². The molecule has 0 aliphatic rings. The normalized spacial score (nSPS) is 9.69. The lowest BCUT2D eigenvalue weighted by atomic mass is 10.1. The van der Waals surface area contributed by atoms with Crippen molar-refractivity contribution in [2.45, 2.75) is 6.92 Å². The van der Waals surface area contributed by atoms with E-state index < -0.39 is 5.97 Å². The first-order valence-electron chi connectivity index (χ1n) is 4.63. The summed E-state index contributed by atoms with van der Waals surface area (Å²) in [6.45, 7) is 2.23. The van der Waals surface area contributed by atoms with E-state index in [1.807, 2.05) is 0 Å². The van der Waals surface area contributed by atoms with Crippen LogP contribution in [0.2, 0.25) is 0 Å². The van der Waals surface area contributed by atoms with Gasteiger partial charge in [0.1, 0.15) is 17.6 Å². The topological polar surface area (TPSA) is 52.6 Å². The highest BCUT2D eigenvalue weighted by atomic mass is 79.9. The molecule has 16 heavy (non-hydrogen) atoms. The van der Waals surface area contributed by atoms with E-state index in [0.717, 1.165) is 0 Å². The third kappa shape index (κ3) is 2.61. The largest absolute Gasteiger partial charge is 0.492 e. The molecule has 0 saturated carbocycles. The zero-order chi connectivity index (χ0) is 12.1. The molecule has 0 aliphatic heterocycles. The summed E-state index contributed by atoms with van der Waals surface area (Å²) in [4.78, 5) is 22.2. The Balaban J connectivity index is 3.33. The van der Waals surface area contributed by atoms with Crippen molar-refractivity contribution >= 4 is 28.2 Å². The van der Waals surface area contributed by atoms with E-state index in [-0.39, 0.29) is 5.56 Å². The summed E-state index contributed by atoms with van der Waals surface area (Å²) >= 11 is 3.25. The fraction of sp³-hybridized carbons (Fsp3) is 0.273. The van der Waals surface area contributed by atoms with E-state index in [4.69, 9.17) is 4.74 Å². The fourth-order valence-corrected chi connectivity index (χ4v) is 1.83. The van der Waals surface area contributed by atoms with E-state index >= 15 is 0 Å². The monoisotopic (exact) mass is 286 g/mol. The van der Waals surface area contributed by atoms with E-state index in [1.165, 1.54) is 13.2 Å². The van der Waals surface area contributed by atoms with Gasteiger partial charge < -0.3 is 9.47 Å². The summed E-state index contributed by atoms with van der Waals surface area (Å²) in [6.07, 6.45) is 0.660. The molecule has 0 radical (unpaired) electrons. The minimum Gasteiger partial charge on any atom is -0.492 e. The Kier molecular flexibility index (Phi) is 4.49. The van der Waals surface area contributed by atoms with Gasteiger partial charge in [0.25, 0.3) is 0 Å². The van der Waals surface area contributed by atoms with Crippen LogP contribution in [0.5, 0.6) is 5.75 Å². The summed E-state index contributed by atoms with van der Waals surface area (Å²) < 4.78 is 10.5. The molecule has 1 rings (SSSR count). The fourth-order valence-electron chi connectivity index (χ4n) is 1.24. The molecule has 0 amide bonds. The summed E-state index contributed by atoms with van der Waals surface area (Å²) in [7, 11) is 1.28. The van der Waals surface area contributed by atoms with Crippen molar-refractivity contribution < 1.29 is 19.1 Å². The van der Waals surface area contributed by atoms with Crippen molar-refractivity contribution in [3.8, 4) is 5.75 Å². The van der Waals surface area contributed by atoms with Gasteiger partial charge in [0.2, 0.25) is 0 Å². The minimum absolute atomic E-state index is 0.237. The Morgan fingerprint density at radius 2 is 2.19 bits per heavy atom. The average molecular weight is 287 g/mol. The number of halogens is 1. The number of benzene rings is 1. The zero-order valence-corrected chi connectivity index (χ0v) is 10.5. The third-order valence-electron chi connectivity index (χ3n) is 1.90. The van der Waals surface area contributed by atoms with Crippen LogP contribution in [0.3, 0.4) is 0 Å². The Labute approximate surface area is 102 Å². The molecule has 1 aromatic rings. The van der Waals surface area contributed by atoms with Crippen LogP contribution in [0.1, 0.15) is 27.6 Å². The SMILES string of the molecule is CCOc1c(Br)cc(C=O)cc1C(=O)OC. The smallest absolute Gasteiger partial charge is 0.341 e. The summed E-state index contributed by atoms with van der Waals surface area (Å²) in [6, 6.07) is 3.03. The van der Waals surface area contributed by atoms with Crippen LogP contribution in [0.25, 0.3) is 0 Å². The Morgan fingerprint density at radius 3 is 2.69 bits per heavy atom. The standard InChI is InChI=1S/C11H11BrO4/c1-3-16-10-8(11(14)15-2)4-7(6-13)5-9(10)12/h4-6H,3H2,1-2H3. The molecule has 0 spiro atoms. The minimum atomic E-state index is -0.534. The number of methoxy groups -OCH3 is 1. The number of esters is 1. The first kappa shape index (κ1) is 12.7. The van der Waals surface area contributed by atoms with Crippen molar-refractivity contribution in [2.75, 3.05) is 13.7 Å². The lowest BCUT2D eigenvalue weighted by Crippen LogP contribution is -2.07. The molecular formula is C11H11BrO4. The van der Waals surface area contributed by atoms with Crippen molar-refractivity contribution in [2.24, 2.45) is 0 Å². The molecular weight excluding hydrogens is 276 g/mol. The summed E-state index contributed by atoms with van der Waals surface area (Å²) in [5.74, 6) is -0.146. The number of hydrogen-bond acceptors (Lipinski definition) is 4. The Hall–Kier alpha value is -1.36. The molecule has 0 N–H and O–H groups in total. The highest BCUT2D eigenvalue weighted by molar-refractivity contribution is 9.10. The Bertz CT molecular complexity index is 415. The first-order chi connectivity index (χ1) is 7.63. The molecule has 0 bridgehead atoms. The molecule has 0 aliphatic carbocycles. The van der Waals surface area contributed by atoms with Gasteiger partial charge in [-0.1, -0.05) is 0 Å². The lowest BCUT2D eigenvalue weighted by molar-refractivity contribution is 0.0596. The van der Waals surface area contributed by atoms with Gasteiger partial charge in [0.05, 0.1) is 18.2 Å². The van der Waals surface area contributed by atoms with Crippen molar-refractivity contribution in [3.05, 3.63) is 27.7 Å². The number of aldehydes is 1. The van der Waals surface area contributed by atoms with Gasteiger partial charge in [-0.15, -0.1) is 0 Å². The predicted molar refractivity (Wildman–Crippen MR) is 62.0 cm³/mol. The predicted octanol–water partition coefficient (Wildman–Crippen LogP) is 2.45. The van der Waals surface area contributed by atoms with Gasteiger partial charge in [0.15, 0.2) is 0 Å². The van der Waals surface area contributed by atoms with Crippen LogP contribution in [0, 0.1) is 0 Å². The van der Waals surface area contributed by atoms with Crippen LogP contribution in [-0.4, -0.2) is 26.0 Å². The molecule has 0 heterocycles. The van der Waals surface area contributed by atoms with Gasteiger partial charge in [-0.25, -0.2) is 4.79 Å². The molecule has 4 nitrogen and oxygen atoms in total. The van der Waals surface area contributed by atoms with Crippen LogP contribution >= 0.6 is 15.9 Å². The van der Waals surface area contributed by atoms with E-state index in [2.05, 4.69) is 20.7 Å². The van der Waals surface area contributed by atoms with E-state index in [0.29, 0.717) is 28.7 Å². The van der Waals surface area contributed by atoms with Crippen LogP contribution in [0.4, 0.5) is 0 Å². The van der Waals surface area contributed by atoms with E-state index in [1.54, 1.807) is 13.0 Å². The molecule has 0 atom stereocenters. The molecule has 0 fully saturated rings. The third-order valence-corrected chi connectivity index (χ3v) is 2.49. The maximum Gasteiger partial charge on any atom is 0.341 e. The number of carbonyl (C=O) groups excluding carboxylic acids is 2. The lowest BCUT2D eigenvalue weighted by Gasteiger charge is -2.11. The van der Waals surface area contributed by atoms with Gasteiger partial charge in [-0.2, -0.15) is 0 Å². The molecule has 0 aromatic heterocycles. The molecule has 86 valence electrons.